The molecule has 49 valence electrons. The van der Waals surface area contributed by atoms with Crippen LogP contribution in [-0.2, 0) is 9.53 Å². The maximum absolute atomic E-state index is 10.8. The smallest absolute Gasteiger partial charge is 0.226 e. The highest BCUT2D eigenvalue weighted by Crippen LogP contribution is 2.26. The topological polar surface area (TPSA) is 38.3 Å². The monoisotopic (exact) mass is 126 g/mol. The summed E-state index contributed by atoms with van der Waals surface area (Å²) in [6, 6.07) is 0. The van der Waals surface area contributed by atoms with Crippen molar-refractivity contribution in [1.29, 1.82) is 0 Å². The first-order valence-corrected chi connectivity index (χ1v) is 3.09. The minimum Gasteiger partial charge on any atom is -0.380 e. The van der Waals surface area contributed by atoms with Crippen LogP contribution in [0.15, 0.2) is 0 Å². The summed E-state index contributed by atoms with van der Waals surface area (Å²) < 4.78 is 5.09. The predicted octanol–water partition coefficient (Wildman–Crippen LogP) is -0.459. The Morgan fingerprint density at radius 3 is 3.33 bits per heavy atom. The van der Waals surface area contributed by atoms with Crippen molar-refractivity contribution < 1.29 is 9.53 Å². The molecular weight excluding hydrogens is 118 g/mol. The van der Waals surface area contributed by atoms with Gasteiger partial charge in [0.1, 0.15) is 0 Å². The number of rotatable bonds is 0. The fraction of sp³-hybridized carbons (Fsp3) is 0.667. The summed E-state index contributed by atoms with van der Waals surface area (Å²) in [6.07, 6.45) is 0. The van der Waals surface area contributed by atoms with E-state index in [1.165, 1.54) is 0 Å². The zero-order chi connectivity index (χ0) is 6.27. The van der Waals surface area contributed by atoms with E-state index in [4.69, 9.17) is 4.74 Å². The maximum atomic E-state index is 10.8. The molecule has 2 heterocycles. The average Bonchev–Trinajstić information content (AvgIpc) is 2.35. The van der Waals surface area contributed by atoms with E-state index in [1.54, 1.807) is 0 Å². The van der Waals surface area contributed by atoms with Crippen LogP contribution in [0.5, 0.6) is 0 Å². The van der Waals surface area contributed by atoms with Crippen molar-refractivity contribution >= 4 is 5.91 Å². The molecule has 0 spiro atoms. The Bertz CT molecular complexity index is 146. The summed E-state index contributed by atoms with van der Waals surface area (Å²) >= 11 is 0. The SMILES string of the molecule is O=C1N[CH]C2COCC12. The molecule has 0 aromatic heterocycles. The molecule has 0 aromatic rings. The predicted molar refractivity (Wildman–Crippen MR) is 30.2 cm³/mol. The van der Waals surface area contributed by atoms with Crippen molar-refractivity contribution in [2.45, 2.75) is 0 Å². The molecule has 1 N–H and O–H groups in total. The lowest BCUT2D eigenvalue weighted by Gasteiger charge is -1.96. The molecule has 3 nitrogen and oxygen atoms in total. The van der Waals surface area contributed by atoms with Crippen LogP contribution in [0.1, 0.15) is 0 Å². The summed E-state index contributed by atoms with van der Waals surface area (Å²) in [5, 5.41) is 2.68. The number of hydrogen-bond donors (Lipinski definition) is 1. The second kappa shape index (κ2) is 1.70. The number of ether oxygens (including phenoxy) is 1. The van der Waals surface area contributed by atoms with Crippen LogP contribution in [0, 0.1) is 18.4 Å². The van der Waals surface area contributed by atoms with E-state index in [2.05, 4.69) is 5.32 Å². The highest BCUT2D eigenvalue weighted by Gasteiger charge is 2.39. The summed E-state index contributed by atoms with van der Waals surface area (Å²) in [5.74, 6) is 0.583. The molecule has 1 amide bonds. The molecule has 2 aliphatic rings. The molecule has 0 saturated carbocycles. The number of nitrogens with one attached hydrogen (secondary N) is 1. The van der Waals surface area contributed by atoms with Crippen LogP contribution in [0.4, 0.5) is 0 Å². The van der Waals surface area contributed by atoms with Gasteiger partial charge in [0, 0.05) is 5.92 Å². The van der Waals surface area contributed by atoms with Crippen LogP contribution < -0.4 is 5.32 Å². The number of fused-ring (bicyclic) bond motifs is 1. The molecule has 9 heavy (non-hydrogen) atoms. The van der Waals surface area contributed by atoms with Crippen molar-refractivity contribution in [3.8, 4) is 0 Å². The third-order valence-electron chi connectivity index (χ3n) is 1.90. The Morgan fingerprint density at radius 1 is 1.67 bits per heavy atom. The Balaban J connectivity index is 2.15. The quantitative estimate of drug-likeness (QED) is 0.477. The average molecular weight is 126 g/mol. The van der Waals surface area contributed by atoms with Crippen molar-refractivity contribution in [1.82, 2.24) is 5.32 Å². The van der Waals surface area contributed by atoms with Gasteiger partial charge in [-0.15, -0.1) is 0 Å². The second-order valence-corrected chi connectivity index (χ2v) is 2.48. The lowest BCUT2D eigenvalue weighted by Crippen LogP contribution is -2.19. The van der Waals surface area contributed by atoms with E-state index in [0.29, 0.717) is 19.1 Å². The minimum absolute atomic E-state index is 0.116. The van der Waals surface area contributed by atoms with E-state index >= 15 is 0 Å². The van der Waals surface area contributed by atoms with Gasteiger partial charge in [-0.25, -0.2) is 0 Å². The molecule has 0 aliphatic carbocycles. The first kappa shape index (κ1) is 5.23. The fourth-order valence-electron chi connectivity index (χ4n) is 1.30. The van der Waals surface area contributed by atoms with Gasteiger partial charge in [0.15, 0.2) is 0 Å². The molecule has 1 radical (unpaired) electrons. The minimum atomic E-state index is 0.116. The van der Waals surface area contributed by atoms with E-state index < -0.39 is 0 Å². The molecule has 2 fully saturated rings. The van der Waals surface area contributed by atoms with Gasteiger partial charge in [0.05, 0.1) is 25.7 Å². The van der Waals surface area contributed by atoms with Gasteiger partial charge in [0.2, 0.25) is 5.91 Å². The molecular formula is C6H8NO2. The van der Waals surface area contributed by atoms with Gasteiger partial charge >= 0.3 is 0 Å². The van der Waals surface area contributed by atoms with Crippen LogP contribution in [0.3, 0.4) is 0 Å². The largest absolute Gasteiger partial charge is 0.380 e. The van der Waals surface area contributed by atoms with Crippen molar-refractivity contribution in [2.75, 3.05) is 13.2 Å². The Hall–Kier alpha value is -0.570. The lowest BCUT2D eigenvalue weighted by atomic mass is 10.0. The summed E-state index contributed by atoms with van der Waals surface area (Å²) in [7, 11) is 0. The van der Waals surface area contributed by atoms with Crippen LogP contribution in [0.25, 0.3) is 0 Å². The van der Waals surface area contributed by atoms with Gasteiger partial charge in [-0.1, -0.05) is 0 Å². The molecule has 2 saturated heterocycles. The van der Waals surface area contributed by atoms with E-state index in [-0.39, 0.29) is 11.8 Å². The standard InChI is InChI=1S/C6H8NO2/c8-6-5-3-9-2-4(5)1-7-6/h1,4-5H,2-3H2,(H,7,8). The van der Waals surface area contributed by atoms with Crippen LogP contribution in [0.2, 0.25) is 0 Å². The second-order valence-electron chi connectivity index (χ2n) is 2.48. The van der Waals surface area contributed by atoms with Gasteiger partial charge in [-0.3, -0.25) is 4.79 Å². The van der Waals surface area contributed by atoms with Crippen LogP contribution >= 0.6 is 0 Å². The number of hydrogen-bond acceptors (Lipinski definition) is 2. The first-order chi connectivity index (χ1) is 4.38. The molecule has 2 aliphatic heterocycles. The zero-order valence-electron chi connectivity index (χ0n) is 4.96. The van der Waals surface area contributed by atoms with Gasteiger partial charge in [0.25, 0.3) is 0 Å². The maximum Gasteiger partial charge on any atom is 0.226 e. The highest BCUT2D eigenvalue weighted by molar-refractivity contribution is 5.82. The Kier molecular flexibility index (Phi) is 0.990. The van der Waals surface area contributed by atoms with Gasteiger partial charge in [-0.05, 0) is 0 Å². The molecule has 0 bridgehead atoms. The molecule has 0 aromatic carbocycles. The van der Waals surface area contributed by atoms with E-state index in [1.807, 2.05) is 6.54 Å². The van der Waals surface area contributed by atoms with Crippen LogP contribution in [-0.4, -0.2) is 19.1 Å². The van der Waals surface area contributed by atoms with E-state index in [9.17, 15) is 4.79 Å². The van der Waals surface area contributed by atoms with Gasteiger partial charge in [-0.2, -0.15) is 0 Å². The number of carbonyl (C=O) groups excluding carboxylic acids is 1. The van der Waals surface area contributed by atoms with Crippen molar-refractivity contribution in [3.05, 3.63) is 6.54 Å². The Labute approximate surface area is 53.4 Å². The third kappa shape index (κ3) is 0.645. The summed E-state index contributed by atoms with van der Waals surface area (Å²) in [6.45, 7) is 3.15. The van der Waals surface area contributed by atoms with Crippen molar-refractivity contribution in [3.63, 3.8) is 0 Å². The zero-order valence-corrected chi connectivity index (χ0v) is 4.96. The number of amides is 1. The van der Waals surface area contributed by atoms with Crippen molar-refractivity contribution in [2.24, 2.45) is 11.8 Å². The summed E-state index contributed by atoms with van der Waals surface area (Å²) in [5.41, 5.74) is 0. The Morgan fingerprint density at radius 2 is 2.56 bits per heavy atom. The molecule has 2 rings (SSSR count). The molecule has 2 atom stereocenters. The number of carbonyl (C=O) groups is 1. The summed E-state index contributed by atoms with van der Waals surface area (Å²) in [4.78, 5) is 10.8. The van der Waals surface area contributed by atoms with Gasteiger partial charge < -0.3 is 10.1 Å². The highest BCUT2D eigenvalue weighted by atomic mass is 16.5. The third-order valence-corrected chi connectivity index (χ3v) is 1.90. The fourth-order valence-corrected chi connectivity index (χ4v) is 1.30. The molecule has 2 unspecified atom stereocenters. The first-order valence-electron chi connectivity index (χ1n) is 3.09. The van der Waals surface area contributed by atoms with E-state index in [0.717, 1.165) is 0 Å². The normalized spacial score (nSPS) is 40.7. The lowest BCUT2D eigenvalue weighted by molar-refractivity contribution is -0.122. The molecule has 3 heteroatoms.